The minimum atomic E-state index is 0.0872. The van der Waals surface area contributed by atoms with Crippen molar-refractivity contribution in [2.24, 2.45) is 0 Å². The molecule has 0 saturated carbocycles. The molecule has 3 nitrogen and oxygen atoms in total. The fourth-order valence-corrected chi connectivity index (χ4v) is 2.14. The smallest absolute Gasteiger partial charge is 0.137 e. The third-order valence-electron chi connectivity index (χ3n) is 2.98. The predicted octanol–water partition coefficient (Wildman–Crippen LogP) is 2.14. The van der Waals surface area contributed by atoms with E-state index < -0.39 is 0 Å². The quantitative estimate of drug-likeness (QED) is 0.712. The number of aryl methyl sites for hydroxylation is 1. The lowest BCUT2D eigenvalue weighted by atomic mass is 10.0. The van der Waals surface area contributed by atoms with Crippen molar-refractivity contribution >= 4 is 6.29 Å². The first-order chi connectivity index (χ1) is 7.29. The summed E-state index contributed by atoms with van der Waals surface area (Å²) in [5, 5.41) is 0. The SMILES string of the molecule is Cc1ccc(CN2CCCCC2C=O)o1. The van der Waals surface area contributed by atoms with E-state index in [-0.39, 0.29) is 6.04 Å². The van der Waals surface area contributed by atoms with Crippen molar-refractivity contribution in [3.63, 3.8) is 0 Å². The zero-order valence-electron chi connectivity index (χ0n) is 9.11. The zero-order chi connectivity index (χ0) is 10.7. The highest BCUT2D eigenvalue weighted by Crippen LogP contribution is 2.19. The molecule has 1 aliphatic heterocycles. The highest BCUT2D eigenvalue weighted by molar-refractivity contribution is 5.57. The van der Waals surface area contributed by atoms with Crippen LogP contribution in [0, 0.1) is 6.92 Å². The average Bonchev–Trinajstić information content (AvgIpc) is 2.65. The Labute approximate surface area is 90.1 Å². The second kappa shape index (κ2) is 4.62. The van der Waals surface area contributed by atoms with Gasteiger partial charge < -0.3 is 9.21 Å². The van der Waals surface area contributed by atoms with Gasteiger partial charge in [-0.15, -0.1) is 0 Å². The van der Waals surface area contributed by atoms with Crippen LogP contribution in [0.25, 0.3) is 0 Å². The van der Waals surface area contributed by atoms with Crippen molar-refractivity contribution in [1.29, 1.82) is 0 Å². The van der Waals surface area contributed by atoms with Gasteiger partial charge >= 0.3 is 0 Å². The minimum Gasteiger partial charge on any atom is -0.465 e. The van der Waals surface area contributed by atoms with Gasteiger partial charge in [0.1, 0.15) is 17.8 Å². The Bertz CT molecular complexity index is 332. The fraction of sp³-hybridized carbons (Fsp3) is 0.583. The van der Waals surface area contributed by atoms with Crippen LogP contribution in [-0.4, -0.2) is 23.8 Å². The van der Waals surface area contributed by atoms with Crippen LogP contribution >= 0.6 is 0 Å². The standard InChI is InChI=1S/C12H17NO2/c1-10-5-6-12(15-10)8-13-7-3-2-4-11(13)9-14/h5-6,9,11H,2-4,7-8H2,1H3. The summed E-state index contributed by atoms with van der Waals surface area (Å²) in [6, 6.07) is 4.05. The van der Waals surface area contributed by atoms with Gasteiger partial charge in [-0.1, -0.05) is 6.42 Å². The zero-order valence-corrected chi connectivity index (χ0v) is 9.11. The van der Waals surface area contributed by atoms with Gasteiger partial charge in [0.05, 0.1) is 12.6 Å². The molecule has 82 valence electrons. The maximum absolute atomic E-state index is 10.9. The van der Waals surface area contributed by atoms with E-state index in [1.165, 1.54) is 6.42 Å². The highest BCUT2D eigenvalue weighted by Gasteiger charge is 2.22. The Kier molecular flexibility index (Phi) is 3.21. The summed E-state index contributed by atoms with van der Waals surface area (Å²) in [6.45, 7) is 3.71. The average molecular weight is 207 g/mol. The van der Waals surface area contributed by atoms with Crippen LogP contribution in [0.2, 0.25) is 0 Å². The molecule has 0 spiro atoms. The molecule has 2 rings (SSSR count). The van der Waals surface area contributed by atoms with Crippen LogP contribution in [0.1, 0.15) is 30.8 Å². The molecule has 1 fully saturated rings. The molecule has 1 aliphatic rings. The van der Waals surface area contributed by atoms with Crippen LogP contribution in [0.3, 0.4) is 0 Å². The van der Waals surface area contributed by atoms with Gasteiger partial charge in [-0.2, -0.15) is 0 Å². The van der Waals surface area contributed by atoms with Gasteiger partial charge in [-0.25, -0.2) is 0 Å². The molecule has 15 heavy (non-hydrogen) atoms. The van der Waals surface area contributed by atoms with Gasteiger partial charge in [0.15, 0.2) is 0 Å². The van der Waals surface area contributed by atoms with E-state index in [0.717, 1.165) is 43.7 Å². The molecule has 1 saturated heterocycles. The lowest BCUT2D eigenvalue weighted by Gasteiger charge is -2.31. The number of hydrogen-bond donors (Lipinski definition) is 0. The van der Waals surface area contributed by atoms with Gasteiger partial charge in [0.2, 0.25) is 0 Å². The van der Waals surface area contributed by atoms with Crippen LogP contribution in [0.15, 0.2) is 16.5 Å². The van der Waals surface area contributed by atoms with Crippen molar-refractivity contribution in [3.8, 4) is 0 Å². The number of aldehydes is 1. The van der Waals surface area contributed by atoms with E-state index in [1.807, 2.05) is 19.1 Å². The predicted molar refractivity (Wildman–Crippen MR) is 57.6 cm³/mol. The lowest BCUT2D eigenvalue weighted by Crippen LogP contribution is -2.39. The maximum atomic E-state index is 10.9. The second-order valence-corrected chi connectivity index (χ2v) is 4.18. The van der Waals surface area contributed by atoms with Gasteiger partial charge in [0.25, 0.3) is 0 Å². The van der Waals surface area contributed by atoms with E-state index in [2.05, 4.69) is 4.90 Å². The normalized spacial score (nSPS) is 22.9. The molecule has 1 atom stereocenters. The number of rotatable bonds is 3. The number of carbonyl (C=O) groups is 1. The van der Waals surface area contributed by atoms with E-state index in [4.69, 9.17) is 4.42 Å². The van der Waals surface area contributed by atoms with Crippen molar-refractivity contribution in [1.82, 2.24) is 4.90 Å². The third kappa shape index (κ3) is 2.48. The summed E-state index contributed by atoms with van der Waals surface area (Å²) in [7, 11) is 0. The van der Waals surface area contributed by atoms with Crippen LogP contribution < -0.4 is 0 Å². The van der Waals surface area contributed by atoms with Gasteiger partial charge in [-0.05, 0) is 38.4 Å². The summed E-state index contributed by atoms with van der Waals surface area (Å²) in [5.74, 6) is 1.89. The molecule has 1 unspecified atom stereocenters. The highest BCUT2D eigenvalue weighted by atomic mass is 16.3. The number of nitrogens with zero attached hydrogens (tertiary/aromatic N) is 1. The Morgan fingerprint density at radius 3 is 3.07 bits per heavy atom. The van der Waals surface area contributed by atoms with Crippen LogP contribution in [-0.2, 0) is 11.3 Å². The molecule has 0 radical (unpaired) electrons. The van der Waals surface area contributed by atoms with E-state index >= 15 is 0 Å². The molecule has 1 aromatic rings. The summed E-state index contributed by atoms with van der Waals surface area (Å²) in [6.07, 6.45) is 4.40. The minimum absolute atomic E-state index is 0.0872. The topological polar surface area (TPSA) is 33.5 Å². The van der Waals surface area contributed by atoms with Crippen molar-refractivity contribution in [3.05, 3.63) is 23.7 Å². The first kappa shape index (κ1) is 10.4. The maximum Gasteiger partial charge on any atom is 0.137 e. The molecule has 2 heterocycles. The van der Waals surface area contributed by atoms with Crippen LogP contribution in [0.4, 0.5) is 0 Å². The van der Waals surface area contributed by atoms with Crippen molar-refractivity contribution < 1.29 is 9.21 Å². The van der Waals surface area contributed by atoms with E-state index in [0.29, 0.717) is 0 Å². The molecular weight excluding hydrogens is 190 g/mol. The third-order valence-corrected chi connectivity index (χ3v) is 2.98. The first-order valence-electron chi connectivity index (χ1n) is 5.54. The van der Waals surface area contributed by atoms with E-state index in [1.54, 1.807) is 0 Å². The van der Waals surface area contributed by atoms with E-state index in [9.17, 15) is 4.79 Å². The summed E-state index contributed by atoms with van der Waals surface area (Å²) >= 11 is 0. The summed E-state index contributed by atoms with van der Waals surface area (Å²) in [4.78, 5) is 13.1. The monoisotopic (exact) mass is 207 g/mol. The number of carbonyl (C=O) groups excluding carboxylic acids is 1. The Hall–Kier alpha value is -1.09. The largest absolute Gasteiger partial charge is 0.465 e. The van der Waals surface area contributed by atoms with Gasteiger partial charge in [0, 0.05) is 0 Å². The molecule has 0 aliphatic carbocycles. The summed E-state index contributed by atoms with van der Waals surface area (Å²) < 4.78 is 5.52. The number of furan rings is 1. The Balaban J connectivity index is 2.00. The Morgan fingerprint density at radius 1 is 1.53 bits per heavy atom. The summed E-state index contributed by atoms with van der Waals surface area (Å²) in [5.41, 5.74) is 0. The molecule has 0 aromatic carbocycles. The molecule has 1 aromatic heterocycles. The van der Waals surface area contributed by atoms with Crippen LogP contribution in [0.5, 0.6) is 0 Å². The number of likely N-dealkylation sites (tertiary alicyclic amines) is 1. The molecule has 0 bridgehead atoms. The molecule has 0 amide bonds. The number of hydrogen-bond acceptors (Lipinski definition) is 3. The molecule has 3 heteroatoms. The fourth-order valence-electron chi connectivity index (χ4n) is 2.14. The lowest BCUT2D eigenvalue weighted by molar-refractivity contribution is -0.113. The molecular formula is C12H17NO2. The van der Waals surface area contributed by atoms with Gasteiger partial charge in [-0.3, -0.25) is 4.90 Å². The number of piperidine rings is 1. The first-order valence-corrected chi connectivity index (χ1v) is 5.54. The van der Waals surface area contributed by atoms with Crippen molar-refractivity contribution in [2.75, 3.05) is 6.54 Å². The molecule has 0 N–H and O–H groups in total. The Morgan fingerprint density at radius 2 is 2.40 bits per heavy atom. The van der Waals surface area contributed by atoms with Crippen molar-refractivity contribution in [2.45, 2.75) is 38.8 Å². The second-order valence-electron chi connectivity index (χ2n) is 4.18.